The predicted octanol–water partition coefficient (Wildman–Crippen LogP) is 1.55. The van der Waals surface area contributed by atoms with E-state index in [9.17, 15) is 28.0 Å². The van der Waals surface area contributed by atoms with E-state index in [1.165, 1.54) is 18.2 Å². The third-order valence-electron chi connectivity index (χ3n) is 6.07. The van der Waals surface area contributed by atoms with E-state index in [1.54, 1.807) is 32.0 Å². The third-order valence-corrected chi connectivity index (χ3v) is 7.76. The summed E-state index contributed by atoms with van der Waals surface area (Å²) in [6.07, 6.45) is 0.458. The van der Waals surface area contributed by atoms with Gasteiger partial charge in [-0.2, -0.15) is 9.04 Å². The van der Waals surface area contributed by atoms with Crippen LogP contribution in [0.1, 0.15) is 47.7 Å². The Morgan fingerprint density at radius 2 is 1.95 bits per heavy atom. The van der Waals surface area contributed by atoms with Gasteiger partial charge in [-0.1, -0.05) is 38.1 Å². The van der Waals surface area contributed by atoms with Gasteiger partial charge >= 0.3 is 15.0 Å². The molecule has 4 rings (SSSR count). The van der Waals surface area contributed by atoms with Crippen LogP contribution in [-0.4, -0.2) is 60.4 Å². The van der Waals surface area contributed by atoms with Gasteiger partial charge in [0, 0.05) is 24.1 Å². The summed E-state index contributed by atoms with van der Waals surface area (Å²) < 4.78 is 52.4. The summed E-state index contributed by atoms with van der Waals surface area (Å²) in [7, 11) is -4.80. The predicted molar refractivity (Wildman–Crippen MR) is 143 cm³/mol. The van der Waals surface area contributed by atoms with Gasteiger partial charge in [0.15, 0.2) is 12.0 Å². The Morgan fingerprint density at radius 1 is 1.21 bits per heavy atom. The van der Waals surface area contributed by atoms with E-state index in [1.807, 2.05) is 12.1 Å². The summed E-state index contributed by atoms with van der Waals surface area (Å²) in [5.74, 6) is -3.19. The number of hydrogen-bond acceptors (Lipinski definition) is 7. The minimum absolute atomic E-state index is 0.0418. The molecular weight excluding hydrogens is 522 g/mol. The molecule has 11 nitrogen and oxygen atoms in total. The molecule has 12 heteroatoms. The first-order chi connectivity index (χ1) is 19.7. The average molecular weight is 557 g/mol. The Balaban J connectivity index is 1.57. The van der Waals surface area contributed by atoms with Crippen molar-refractivity contribution in [1.82, 2.24) is 19.9 Å². The minimum atomic E-state index is -4.80. The average Bonchev–Trinajstić information content (AvgIpc) is 3.02. The molecule has 1 saturated heterocycles. The Labute approximate surface area is 231 Å². The highest BCUT2D eigenvalue weighted by atomic mass is 32.2. The summed E-state index contributed by atoms with van der Waals surface area (Å²) in [6, 6.07) is 10.2. The molecule has 39 heavy (non-hydrogen) atoms. The molecule has 0 saturated carbocycles. The molecule has 0 aliphatic carbocycles. The molecule has 0 bridgehead atoms. The molecule has 2 atom stereocenters. The van der Waals surface area contributed by atoms with Gasteiger partial charge in [0.2, 0.25) is 5.91 Å². The first kappa shape index (κ1) is 24.2. The lowest BCUT2D eigenvalue weighted by molar-refractivity contribution is -0.646. The van der Waals surface area contributed by atoms with Gasteiger partial charge in [-0.25, -0.2) is 13.4 Å². The van der Waals surface area contributed by atoms with E-state index in [-0.39, 0.29) is 33.5 Å². The van der Waals surface area contributed by atoms with Crippen molar-refractivity contribution < 1.29 is 31.6 Å². The van der Waals surface area contributed by atoms with Crippen molar-refractivity contribution in [2.75, 3.05) is 13.0 Å². The van der Waals surface area contributed by atoms with Crippen LogP contribution in [0.4, 0.5) is 0 Å². The Kier molecular flexibility index (Phi) is 7.35. The molecular formula is C27H31N5O6S. The summed E-state index contributed by atoms with van der Waals surface area (Å²) >= 11 is 0. The fourth-order valence-corrected chi connectivity index (χ4v) is 5.47. The van der Waals surface area contributed by atoms with Crippen molar-refractivity contribution >= 4 is 38.5 Å². The van der Waals surface area contributed by atoms with Crippen LogP contribution in [0.25, 0.3) is 10.9 Å². The van der Waals surface area contributed by atoms with E-state index in [2.05, 4.69) is 15.6 Å². The second-order valence-electron chi connectivity index (χ2n) is 9.50. The van der Waals surface area contributed by atoms with Gasteiger partial charge in [0.25, 0.3) is 5.91 Å². The molecule has 1 aromatic carbocycles. The molecule has 1 aliphatic heterocycles. The van der Waals surface area contributed by atoms with Crippen LogP contribution in [0, 0.1) is 11.1 Å². The van der Waals surface area contributed by atoms with Crippen LogP contribution in [0.2, 0.25) is 0 Å². The maximum Gasteiger partial charge on any atom is 0.323 e. The number of para-hydroxylation sites is 1. The van der Waals surface area contributed by atoms with E-state index >= 15 is 0 Å². The number of sulfonamides is 1. The molecule has 2 aromatic heterocycles. The summed E-state index contributed by atoms with van der Waals surface area (Å²) in [6.45, 7) is -0.187. The molecule has 1 unspecified atom stereocenters. The molecule has 0 spiro atoms. The molecule has 3 aromatic rings. The SMILES string of the molecule is [2H]C1([2H])C(=O)[C@@]([2H])(NC(=O)C(CC(C)C)NC(=O)c2ccc3ccccc3n2)CCCN1S(=O)(=O)c1cccc[n+]1[O-]. The van der Waals surface area contributed by atoms with Gasteiger partial charge < -0.3 is 15.8 Å². The van der Waals surface area contributed by atoms with Crippen molar-refractivity contribution in [2.45, 2.75) is 50.2 Å². The topological polar surface area (TPSA) is 152 Å². The summed E-state index contributed by atoms with van der Waals surface area (Å²) in [5.41, 5.74) is 0.624. The van der Waals surface area contributed by atoms with Crippen molar-refractivity contribution in [3.63, 3.8) is 0 Å². The lowest BCUT2D eigenvalue weighted by Gasteiger charge is -2.23. The largest absolute Gasteiger partial charge is 0.618 e. The number of carbonyl (C=O) groups excluding carboxylic acids is 3. The highest BCUT2D eigenvalue weighted by Gasteiger charge is 2.37. The van der Waals surface area contributed by atoms with E-state index in [0.29, 0.717) is 5.52 Å². The quantitative estimate of drug-likeness (QED) is 0.315. The molecule has 2 amide bonds. The lowest BCUT2D eigenvalue weighted by Crippen LogP contribution is -2.53. The van der Waals surface area contributed by atoms with Crippen LogP contribution < -0.4 is 15.4 Å². The minimum Gasteiger partial charge on any atom is -0.618 e. The van der Waals surface area contributed by atoms with Crippen molar-refractivity contribution in [3.05, 3.63) is 71.7 Å². The number of Topliss-reactive ketones (excluding diaryl/α,β-unsaturated/α-hetero) is 1. The van der Waals surface area contributed by atoms with Crippen molar-refractivity contribution in [2.24, 2.45) is 5.92 Å². The number of ketones is 1. The van der Waals surface area contributed by atoms with Crippen LogP contribution in [0.3, 0.4) is 0 Å². The number of aromatic nitrogens is 2. The van der Waals surface area contributed by atoms with E-state index in [0.717, 1.165) is 17.6 Å². The first-order valence-electron chi connectivity index (χ1n) is 13.9. The van der Waals surface area contributed by atoms with Gasteiger partial charge in [0.05, 0.1) is 22.1 Å². The number of hydrogen-bond donors (Lipinski definition) is 2. The molecule has 1 fully saturated rings. The second kappa shape index (κ2) is 11.9. The fraction of sp³-hybridized carbons (Fsp3) is 0.370. The Bertz CT molecular complexity index is 1640. The molecule has 1 aliphatic rings. The Morgan fingerprint density at radius 3 is 2.69 bits per heavy atom. The Hall–Kier alpha value is -3.90. The number of benzene rings is 1. The molecule has 3 heterocycles. The van der Waals surface area contributed by atoms with Gasteiger partial charge in [-0.15, -0.1) is 0 Å². The molecule has 206 valence electrons. The first-order valence-corrected chi connectivity index (χ1v) is 13.9. The number of nitrogens with zero attached hydrogens (tertiary/aromatic N) is 3. The highest BCUT2D eigenvalue weighted by Crippen LogP contribution is 2.18. The number of rotatable bonds is 8. The molecule has 0 radical (unpaired) electrons. The standard InChI is InChI=1S/C27H31N5O6S/c1-18(2)16-23(30-26(34)22-13-12-19-8-3-4-9-20(19)28-22)27(35)29-21-10-7-14-31(17-24(21)33)39(37,38)25-11-5-6-15-32(25)36/h3-6,8-9,11-13,15,18,21,23H,7,10,14,16-17H2,1-2H3,(H,29,35)(H,30,34)/t21-,23?/m0/s1/i17D2,21D. The van der Waals surface area contributed by atoms with Crippen molar-refractivity contribution in [3.8, 4) is 0 Å². The van der Waals surface area contributed by atoms with Gasteiger partial charge in [-0.05, 0) is 43.4 Å². The second-order valence-corrected chi connectivity index (χ2v) is 11.3. The number of fused-ring (bicyclic) bond motifs is 1. The van der Waals surface area contributed by atoms with E-state index < -0.39 is 64.2 Å². The van der Waals surface area contributed by atoms with E-state index in [4.69, 9.17) is 4.11 Å². The maximum absolute atomic E-state index is 13.4. The zero-order valence-electron chi connectivity index (χ0n) is 24.5. The maximum atomic E-state index is 13.4. The van der Waals surface area contributed by atoms with Gasteiger partial charge in [-0.3, -0.25) is 14.4 Å². The summed E-state index contributed by atoms with van der Waals surface area (Å²) in [4.78, 5) is 44.3. The smallest absolute Gasteiger partial charge is 0.323 e. The normalized spacial score (nSPS) is 21.8. The van der Waals surface area contributed by atoms with Crippen LogP contribution in [0.5, 0.6) is 0 Å². The monoisotopic (exact) mass is 556 g/mol. The van der Waals surface area contributed by atoms with Crippen LogP contribution in [-0.2, 0) is 19.6 Å². The highest BCUT2D eigenvalue weighted by molar-refractivity contribution is 7.89. The summed E-state index contributed by atoms with van der Waals surface area (Å²) in [5, 5.41) is 17.1. The van der Waals surface area contributed by atoms with Crippen LogP contribution >= 0.6 is 0 Å². The zero-order valence-corrected chi connectivity index (χ0v) is 22.3. The number of nitrogens with one attached hydrogen (secondary N) is 2. The third kappa shape index (κ3) is 6.58. The number of amides is 2. The van der Waals surface area contributed by atoms with Crippen LogP contribution in [0.15, 0.2) is 65.8 Å². The van der Waals surface area contributed by atoms with Crippen molar-refractivity contribution in [1.29, 1.82) is 0 Å². The number of carbonyl (C=O) groups is 3. The van der Waals surface area contributed by atoms with Gasteiger partial charge in [0.1, 0.15) is 11.7 Å². The lowest BCUT2D eigenvalue weighted by atomic mass is 10.0. The molecule has 2 N–H and O–H groups in total. The zero-order chi connectivity index (χ0) is 30.9. The number of pyridine rings is 2. The fourth-order valence-electron chi connectivity index (χ4n) is 4.14.